The van der Waals surface area contributed by atoms with Crippen LogP contribution >= 0.6 is 0 Å². The first kappa shape index (κ1) is 15.9. The summed E-state index contributed by atoms with van der Waals surface area (Å²) >= 11 is 0. The van der Waals surface area contributed by atoms with Crippen LogP contribution in [0.5, 0.6) is 0 Å². The molecule has 0 aliphatic heterocycles. The zero-order valence-electron chi connectivity index (χ0n) is 12.7. The van der Waals surface area contributed by atoms with Crippen molar-refractivity contribution in [3.8, 4) is 0 Å². The van der Waals surface area contributed by atoms with Crippen LogP contribution in [0.2, 0.25) is 0 Å². The lowest BCUT2D eigenvalue weighted by molar-refractivity contribution is 0.502. The van der Waals surface area contributed by atoms with Crippen molar-refractivity contribution in [3.63, 3.8) is 0 Å². The maximum Gasteiger partial charge on any atom is 0.151 e. The number of fused-ring (bicyclic) bond motifs is 1. The molecule has 1 heterocycles. The van der Waals surface area contributed by atoms with Gasteiger partial charge in [0.15, 0.2) is 9.84 Å². The molecule has 5 heteroatoms. The summed E-state index contributed by atoms with van der Waals surface area (Å²) in [4.78, 5) is 4.18. The molecule has 1 N–H and O–H groups in total. The number of hydrogen-bond donors (Lipinski definition) is 1. The topological polar surface area (TPSA) is 59.1 Å². The van der Waals surface area contributed by atoms with Crippen LogP contribution in [0, 0.1) is 0 Å². The summed E-state index contributed by atoms with van der Waals surface area (Å²) in [5, 5.41) is 4.97. The van der Waals surface area contributed by atoms with E-state index >= 15 is 0 Å². The third-order valence-corrected chi connectivity index (χ3v) is 5.43. The highest BCUT2D eigenvalue weighted by atomic mass is 32.2. The molecule has 0 amide bonds. The molecule has 4 nitrogen and oxygen atoms in total. The Kier molecular flexibility index (Phi) is 4.96. The zero-order chi connectivity index (χ0) is 15.5. The third-order valence-electron chi connectivity index (χ3n) is 3.81. The van der Waals surface area contributed by atoms with Gasteiger partial charge in [0.2, 0.25) is 0 Å². The van der Waals surface area contributed by atoms with E-state index in [0.29, 0.717) is 0 Å². The highest BCUT2D eigenvalue weighted by Crippen LogP contribution is 2.28. The molecule has 0 saturated carbocycles. The molecule has 0 bridgehead atoms. The molecule has 1 aromatic carbocycles. The van der Waals surface area contributed by atoms with Gasteiger partial charge in [0.25, 0.3) is 0 Å². The maximum atomic E-state index is 12.0. The zero-order valence-corrected chi connectivity index (χ0v) is 13.5. The second-order valence-corrected chi connectivity index (χ2v) is 7.81. The van der Waals surface area contributed by atoms with Gasteiger partial charge in [-0.1, -0.05) is 25.1 Å². The van der Waals surface area contributed by atoms with Gasteiger partial charge in [-0.25, -0.2) is 8.42 Å². The van der Waals surface area contributed by atoms with Crippen molar-refractivity contribution in [2.45, 2.75) is 31.6 Å². The van der Waals surface area contributed by atoms with E-state index in [2.05, 4.69) is 17.2 Å². The molecule has 114 valence electrons. The monoisotopic (exact) mass is 306 g/mol. The average Bonchev–Trinajstić information content (AvgIpc) is 2.46. The number of rotatable bonds is 6. The molecule has 0 saturated heterocycles. The lowest BCUT2D eigenvalue weighted by atomic mass is 9.98. The molecule has 2 atom stereocenters. The van der Waals surface area contributed by atoms with Crippen LogP contribution in [-0.4, -0.2) is 31.5 Å². The number of aromatic nitrogens is 1. The fraction of sp³-hybridized carbons (Fsp3) is 0.438. The molecule has 2 rings (SSSR count). The van der Waals surface area contributed by atoms with Crippen molar-refractivity contribution < 1.29 is 8.42 Å². The van der Waals surface area contributed by atoms with Gasteiger partial charge in [-0.05, 0) is 36.9 Å². The van der Waals surface area contributed by atoms with E-state index in [1.54, 1.807) is 19.3 Å². The molecule has 0 aliphatic rings. The van der Waals surface area contributed by atoms with Gasteiger partial charge < -0.3 is 5.32 Å². The molecule has 2 unspecified atom stereocenters. The maximum absolute atomic E-state index is 12.0. The molecular formula is C16H22N2O2S. The Hall–Kier alpha value is -1.46. The first-order chi connectivity index (χ1) is 9.95. The third kappa shape index (κ3) is 3.60. The smallest absolute Gasteiger partial charge is 0.151 e. The van der Waals surface area contributed by atoms with Crippen LogP contribution in [0.4, 0.5) is 0 Å². The predicted molar refractivity (Wildman–Crippen MR) is 87.1 cm³/mol. The van der Waals surface area contributed by atoms with Crippen molar-refractivity contribution in [1.82, 2.24) is 10.3 Å². The van der Waals surface area contributed by atoms with E-state index in [9.17, 15) is 8.42 Å². The molecule has 0 fully saturated rings. The van der Waals surface area contributed by atoms with E-state index < -0.39 is 15.1 Å². The predicted octanol–water partition coefficient (Wildman–Crippen LogP) is 2.71. The standard InChI is InChI=1S/C16H22N2O2S/c1-4-9-18-16(12(2)21(3,19)20)14-7-5-6-13-8-10-17-11-15(13)14/h5-8,10-12,16,18H,4,9H2,1-3H3. The van der Waals surface area contributed by atoms with Crippen molar-refractivity contribution in [3.05, 3.63) is 42.2 Å². The molecule has 0 spiro atoms. The summed E-state index contributed by atoms with van der Waals surface area (Å²) in [5.74, 6) is 0. The fourth-order valence-corrected chi connectivity index (χ4v) is 3.22. The summed E-state index contributed by atoms with van der Waals surface area (Å²) < 4.78 is 24.0. The molecule has 0 aliphatic carbocycles. The van der Waals surface area contributed by atoms with Crippen molar-refractivity contribution in [1.29, 1.82) is 0 Å². The van der Waals surface area contributed by atoms with Crippen LogP contribution in [0.25, 0.3) is 10.8 Å². The Labute approximate surface area is 126 Å². The van der Waals surface area contributed by atoms with Crippen molar-refractivity contribution >= 4 is 20.6 Å². The van der Waals surface area contributed by atoms with Crippen molar-refractivity contribution in [2.75, 3.05) is 12.8 Å². The molecule has 1 aromatic heterocycles. The van der Waals surface area contributed by atoms with Gasteiger partial charge in [0, 0.05) is 30.1 Å². The average molecular weight is 306 g/mol. The quantitative estimate of drug-likeness (QED) is 0.891. The van der Waals surface area contributed by atoms with Crippen LogP contribution in [-0.2, 0) is 9.84 Å². The number of pyridine rings is 1. The fourth-order valence-electron chi connectivity index (χ4n) is 2.48. The van der Waals surface area contributed by atoms with Crippen LogP contribution in [0.15, 0.2) is 36.7 Å². The second-order valence-electron chi connectivity index (χ2n) is 5.41. The minimum absolute atomic E-state index is 0.229. The molecule has 21 heavy (non-hydrogen) atoms. The van der Waals surface area contributed by atoms with Crippen LogP contribution in [0.1, 0.15) is 31.9 Å². The lowest BCUT2D eigenvalue weighted by Crippen LogP contribution is -2.35. The number of nitrogens with zero attached hydrogens (tertiary/aromatic N) is 1. The van der Waals surface area contributed by atoms with Gasteiger partial charge in [-0.15, -0.1) is 0 Å². The van der Waals surface area contributed by atoms with E-state index in [4.69, 9.17) is 0 Å². The lowest BCUT2D eigenvalue weighted by Gasteiger charge is -2.25. The van der Waals surface area contributed by atoms with E-state index in [1.807, 2.05) is 24.3 Å². The number of sulfone groups is 1. The summed E-state index contributed by atoms with van der Waals surface area (Å²) in [5.41, 5.74) is 0.993. The Morgan fingerprint density at radius 2 is 2.05 bits per heavy atom. The van der Waals surface area contributed by atoms with Crippen LogP contribution < -0.4 is 5.32 Å². The van der Waals surface area contributed by atoms with E-state index in [1.165, 1.54) is 6.26 Å². The number of benzene rings is 1. The Morgan fingerprint density at radius 1 is 1.29 bits per heavy atom. The van der Waals surface area contributed by atoms with Gasteiger partial charge in [0.05, 0.1) is 5.25 Å². The molecule has 0 radical (unpaired) electrons. The Bertz CT molecular complexity index is 708. The number of nitrogens with one attached hydrogen (secondary N) is 1. The first-order valence-corrected chi connectivity index (χ1v) is 9.15. The summed E-state index contributed by atoms with van der Waals surface area (Å²) in [6, 6.07) is 7.68. The highest BCUT2D eigenvalue weighted by molar-refractivity contribution is 7.91. The Morgan fingerprint density at radius 3 is 2.71 bits per heavy atom. The largest absolute Gasteiger partial charge is 0.309 e. The number of hydrogen-bond acceptors (Lipinski definition) is 4. The van der Waals surface area contributed by atoms with Gasteiger partial charge in [-0.2, -0.15) is 0 Å². The van der Waals surface area contributed by atoms with E-state index in [-0.39, 0.29) is 6.04 Å². The van der Waals surface area contributed by atoms with Gasteiger partial charge in [-0.3, -0.25) is 4.98 Å². The normalized spacial score (nSPS) is 15.0. The summed E-state index contributed by atoms with van der Waals surface area (Å²) in [6.45, 7) is 4.61. The molecular weight excluding hydrogens is 284 g/mol. The van der Waals surface area contributed by atoms with E-state index in [0.717, 1.165) is 29.3 Å². The second kappa shape index (κ2) is 6.54. The first-order valence-electron chi connectivity index (χ1n) is 7.20. The SMILES string of the molecule is CCCNC(c1cccc2ccncc12)C(C)S(C)(=O)=O. The minimum Gasteiger partial charge on any atom is -0.309 e. The van der Waals surface area contributed by atoms with Crippen molar-refractivity contribution in [2.24, 2.45) is 0 Å². The minimum atomic E-state index is -3.13. The van der Waals surface area contributed by atoms with Gasteiger partial charge in [0.1, 0.15) is 0 Å². The van der Waals surface area contributed by atoms with Gasteiger partial charge >= 0.3 is 0 Å². The highest BCUT2D eigenvalue weighted by Gasteiger charge is 2.27. The summed E-state index contributed by atoms with van der Waals surface area (Å²) in [7, 11) is -3.13. The summed E-state index contributed by atoms with van der Waals surface area (Å²) in [6.07, 6.45) is 5.80. The molecule has 2 aromatic rings. The van der Waals surface area contributed by atoms with Crippen LogP contribution in [0.3, 0.4) is 0 Å². The Balaban J connectivity index is 2.53.